The molecule has 0 saturated carbocycles. The standard InChI is InChI=1S/C29H38ClFN2O4Si/c1-8-37-28(35)22-17-33(24(18(2)3)12-13-29(4,5)38(6,7)36)27-21(26(22)34)15-19(16-32-27)14-20-10-9-11-23(30)25(20)31/h9-11,15-18,24,36H,8,12-14H2,1-7H3/t24-/m1/s1. The van der Waals surface area contributed by atoms with E-state index in [9.17, 15) is 18.8 Å². The summed E-state index contributed by atoms with van der Waals surface area (Å²) in [5, 5.41) is 0.0675. The number of nitrogens with zero attached hydrogens (tertiary/aromatic N) is 2. The van der Waals surface area contributed by atoms with Gasteiger partial charge in [-0.3, -0.25) is 4.79 Å². The van der Waals surface area contributed by atoms with E-state index < -0.39 is 25.5 Å². The van der Waals surface area contributed by atoms with Gasteiger partial charge in [-0.2, -0.15) is 0 Å². The highest BCUT2D eigenvalue weighted by Crippen LogP contribution is 2.42. The monoisotopic (exact) mass is 560 g/mol. The van der Waals surface area contributed by atoms with Gasteiger partial charge in [0.05, 0.1) is 17.0 Å². The first-order chi connectivity index (χ1) is 17.7. The molecule has 1 aromatic carbocycles. The number of carbonyl (C=O) groups excluding carboxylic acids is 1. The van der Waals surface area contributed by atoms with E-state index in [-0.39, 0.29) is 46.0 Å². The Bertz CT molecular complexity index is 1380. The Morgan fingerprint density at radius 2 is 1.97 bits per heavy atom. The van der Waals surface area contributed by atoms with Gasteiger partial charge < -0.3 is 14.1 Å². The van der Waals surface area contributed by atoms with Gasteiger partial charge in [-0.15, -0.1) is 0 Å². The molecular weight excluding hydrogens is 523 g/mol. The van der Waals surface area contributed by atoms with Crippen LogP contribution in [0.15, 0.2) is 41.5 Å². The fourth-order valence-electron chi connectivity index (χ4n) is 4.49. The van der Waals surface area contributed by atoms with Crippen molar-refractivity contribution in [3.05, 3.63) is 74.4 Å². The summed E-state index contributed by atoms with van der Waals surface area (Å²) in [5.74, 6) is -1.05. The Kier molecular flexibility index (Phi) is 9.22. The van der Waals surface area contributed by atoms with Gasteiger partial charge in [0.1, 0.15) is 17.0 Å². The Hall–Kier alpha value is -2.55. The molecule has 0 saturated heterocycles. The van der Waals surface area contributed by atoms with E-state index in [1.165, 1.54) is 6.07 Å². The van der Waals surface area contributed by atoms with E-state index in [1.54, 1.807) is 37.5 Å². The molecule has 0 aliphatic heterocycles. The van der Waals surface area contributed by atoms with Gasteiger partial charge >= 0.3 is 5.97 Å². The first kappa shape index (κ1) is 30.0. The van der Waals surface area contributed by atoms with E-state index in [1.807, 2.05) is 17.7 Å². The second-order valence-electron chi connectivity index (χ2n) is 11.4. The highest BCUT2D eigenvalue weighted by atomic mass is 35.5. The van der Waals surface area contributed by atoms with Crippen molar-refractivity contribution in [1.82, 2.24) is 9.55 Å². The van der Waals surface area contributed by atoms with Crippen molar-refractivity contribution >= 4 is 36.9 Å². The minimum absolute atomic E-state index is 0.0278. The van der Waals surface area contributed by atoms with Crippen molar-refractivity contribution in [3.63, 3.8) is 0 Å². The molecule has 6 nitrogen and oxygen atoms in total. The quantitative estimate of drug-likeness (QED) is 0.215. The summed E-state index contributed by atoms with van der Waals surface area (Å²) in [6.45, 7) is 14.1. The van der Waals surface area contributed by atoms with Crippen molar-refractivity contribution in [1.29, 1.82) is 0 Å². The van der Waals surface area contributed by atoms with E-state index in [0.717, 1.165) is 12.8 Å². The predicted octanol–water partition coefficient (Wildman–Crippen LogP) is 6.91. The van der Waals surface area contributed by atoms with Crippen LogP contribution in [0.1, 0.15) is 75.0 Å². The van der Waals surface area contributed by atoms with Crippen LogP contribution in [0.4, 0.5) is 4.39 Å². The van der Waals surface area contributed by atoms with Gasteiger partial charge in [-0.1, -0.05) is 51.4 Å². The Morgan fingerprint density at radius 3 is 2.58 bits per heavy atom. The molecule has 9 heteroatoms. The Labute approximate surface area is 229 Å². The molecular formula is C29H38ClFN2O4Si. The van der Waals surface area contributed by atoms with Gasteiger partial charge in [0.2, 0.25) is 5.43 Å². The number of pyridine rings is 2. The van der Waals surface area contributed by atoms with Crippen LogP contribution in [0.2, 0.25) is 23.2 Å². The number of rotatable bonds is 10. The summed E-state index contributed by atoms with van der Waals surface area (Å²) < 4.78 is 21.7. The molecule has 206 valence electrons. The lowest BCUT2D eigenvalue weighted by molar-refractivity contribution is 0.0523. The molecule has 0 fully saturated rings. The lowest BCUT2D eigenvalue weighted by Crippen LogP contribution is -2.39. The number of halogens is 2. The average molecular weight is 561 g/mol. The molecule has 0 radical (unpaired) electrons. The Balaban J connectivity index is 2.17. The number of fused-ring (bicyclic) bond motifs is 1. The van der Waals surface area contributed by atoms with E-state index in [2.05, 4.69) is 32.7 Å². The lowest BCUT2D eigenvalue weighted by Gasteiger charge is -2.37. The average Bonchev–Trinajstić information content (AvgIpc) is 2.82. The number of hydrogen-bond acceptors (Lipinski definition) is 5. The molecule has 3 rings (SSSR count). The van der Waals surface area contributed by atoms with Crippen molar-refractivity contribution in [3.8, 4) is 0 Å². The normalized spacial score (nSPS) is 13.2. The fourth-order valence-corrected chi connectivity index (χ4v) is 5.44. The first-order valence-electron chi connectivity index (χ1n) is 13.0. The van der Waals surface area contributed by atoms with Gasteiger partial charge in [-0.25, -0.2) is 14.2 Å². The molecule has 0 spiro atoms. The fraction of sp³-hybridized carbons (Fsp3) is 0.483. The summed E-state index contributed by atoms with van der Waals surface area (Å²) in [5.41, 5.74) is 0.934. The molecule has 38 heavy (non-hydrogen) atoms. The molecule has 0 unspecified atom stereocenters. The molecule has 2 heterocycles. The molecule has 0 aliphatic carbocycles. The van der Waals surface area contributed by atoms with Gasteiger partial charge in [0.25, 0.3) is 0 Å². The second kappa shape index (κ2) is 11.7. The number of esters is 1. The highest BCUT2D eigenvalue weighted by molar-refractivity contribution is 6.72. The molecule has 0 aliphatic rings. The molecule has 0 amide bonds. The van der Waals surface area contributed by atoms with E-state index in [0.29, 0.717) is 16.8 Å². The second-order valence-corrected chi connectivity index (χ2v) is 16.3. The summed E-state index contributed by atoms with van der Waals surface area (Å²) in [4.78, 5) is 41.8. The molecule has 3 aromatic rings. The predicted molar refractivity (Wildman–Crippen MR) is 153 cm³/mol. The summed E-state index contributed by atoms with van der Waals surface area (Å²) in [7, 11) is -2.43. The zero-order valence-corrected chi connectivity index (χ0v) is 25.0. The number of aromatic nitrogens is 2. The number of ether oxygens (including phenoxy) is 1. The maximum Gasteiger partial charge on any atom is 0.343 e. The van der Waals surface area contributed by atoms with Crippen LogP contribution in [0.5, 0.6) is 0 Å². The Morgan fingerprint density at radius 1 is 1.29 bits per heavy atom. The lowest BCUT2D eigenvalue weighted by atomic mass is 9.94. The van der Waals surface area contributed by atoms with Crippen molar-refractivity contribution in [2.45, 2.75) is 78.1 Å². The van der Waals surface area contributed by atoms with Crippen LogP contribution >= 0.6 is 11.6 Å². The number of benzene rings is 1. The molecule has 1 atom stereocenters. The first-order valence-corrected chi connectivity index (χ1v) is 16.4. The minimum atomic E-state index is -2.43. The van der Waals surface area contributed by atoms with Crippen LogP contribution in [-0.4, -0.2) is 35.2 Å². The van der Waals surface area contributed by atoms with Crippen LogP contribution in [0, 0.1) is 11.7 Å². The SMILES string of the molecule is CCOC(=O)c1cn([C@H](CCC(C)(C)[Si](C)(C)O)C(C)C)c2ncc(Cc3cccc(Cl)c3F)cc2c1=O. The van der Waals surface area contributed by atoms with E-state index in [4.69, 9.17) is 16.3 Å². The van der Waals surface area contributed by atoms with Crippen LogP contribution in [-0.2, 0) is 11.2 Å². The maximum atomic E-state index is 14.6. The number of hydrogen-bond donors (Lipinski definition) is 1. The largest absolute Gasteiger partial charge is 0.462 e. The summed E-state index contributed by atoms with van der Waals surface area (Å²) in [6.07, 6.45) is 4.87. The number of carbonyl (C=O) groups is 1. The van der Waals surface area contributed by atoms with E-state index >= 15 is 0 Å². The van der Waals surface area contributed by atoms with Gasteiger partial charge in [0.15, 0.2) is 8.32 Å². The third-order valence-corrected chi connectivity index (χ3v) is 11.5. The highest BCUT2D eigenvalue weighted by Gasteiger charge is 2.38. The zero-order chi connectivity index (χ0) is 28.4. The molecule has 1 N–H and O–H groups in total. The summed E-state index contributed by atoms with van der Waals surface area (Å²) in [6, 6.07) is 6.38. The smallest absolute Gasteiger partial charge is 0.343 e. The molecule has 2 aromatic heterocycles. The van der Waals surface area contributed by atoms with Crippen molar-refractivity contribution in [2.24, 2.45) is 5.92 Å². The van der Waals surface area contributed by atoms with Gasteiger partial charge in [-0.05, 0) is 67.1 Å². The van der Waals surface area contributed by atoms with Crippen LogP contribution in [0.3, 0.4) is 0 Å². The third-order valence-electron chi connectivity index (χ3n) is 7.69. The zero-order valence-electron chi connectivity index (χ0n) is 23.3. The molecule has 0 bridgehead atoms. The maximum absolute atomic E-state index is 14.6. The third kappa shape index (κ3) is 6.35. The summed E-state index contributed by atoms with van der Waals surface area (Å²) >= 11 is 5.95. The van der Waals surface area contributed by atoms with Crippen molar-refractivity contribution < 1.29 is 18.7 Å². The minimum Gasteiger partial charge on any atom is -0.462 e. The van der Waals surface area contributed by atoms with Crippen LogP contribution in [0.25, 0.3) is 11.0 Å². The topological polar surface area (TPSA) is 81.4 Å². The van der Waals surface area contributed by atoms with Crippen molar-refractivity contribution in [2.75, 3.05) is 6.61 Å². The van der Waals surface area contributed by atoms with Crippen LogP contribution < -0.4 is 5.43 Å². The van der Waals surface area contributed by atoms with Gasteiger partial charge in [0, 0.05) is 24.9 Å².